The van der Waals surface area contributed by atoms with Crippen LogP contribution in [0.5, 0.6) is 5.75 Å². The number of carbonyl (C=O) groups excluding carboxylic acids is 1. The molecule has 2 rings (SSSR count). The fourth-order valence-corrected chi connectivity index (χ4v) is 4.23. The van der Waals surface area contributed by atoms with Crippen molar-refractivity contribution in [2.24, 2.45) is 0 Å². The highest BCUT2D eigenvalue weighted by Gasteiger charge is 2.25. The van der Waals surface area contributed by atoms with Crippen molar-refractivity contribution in [1.82, 2.24) is 19.7 Å². The smallest absolute Gasteiger partial charge is 0.233 e. The Morgan fingerprint density at radius 2 is 1.66 bits per heavy atom. The molecular formula is C22H34N4O2S. The Hall–Kier alpha value is -2.02. The average Bonchev–Trinajstić information content (AvgIpc) is 3.16. The standard InChI is InChI=1S/C22H34N4O2S/c1-8-16(5)26(17(6)9-2)20(27)14-29-22-24-23-21(25(22)15(3)4)18-10-12-19(28-7)13-11-18/h10-13,15-17H,8-9,14H2,1-7H3. The van der Waals surface area contributed by atoms with Crippen molar-refractivity contribution < 1.29 is 9.53 Å². The predicted octanol–water partition coefficient (Wildman–Crippen LogP) is 5.05. The van der Waals surface area contributed by atoms with Crippen molar-refractivity contribution in [2.45, 2.75) is 77.7 Å². The zero-order valence-corrected chi connectivity index (χ0v) is 19.5. The minimum atomic E-state index is 0.156. The molecule has 6 nitrogen and oxygen atoms in total. The zero-order chi connectivity index (χ0) is 21.6. The number of aromatic nitrogens is 3. The molecule has 160 valence electrons. The maximum Gasteiger partial charge on any atom is 0.233 e. The SMILES string of the molecule is CCC(C)N(C(=O)CSc1nnc(-c2ccc(OC)cc2)n1C(C)C)C(C)CC. The van der Waals surface area contributed by atoms with Gasteiger partial charge >= 0.3 is 0 Å². The van der Waals surface area contributed by atoms with Crippen LogP contribution in [0.1, 0.15) is 60.4 Å². The van der Waals surface area contributed by atoms with E-state index in [0.29, 0.717) is 5.75 Å². The van der Waals surface area contributed by atoms with Gasteiger partial charge in [0.25, 0.3) is 0 Å². The van der Waals surface area contributed by atoms with E-state index in [2.05, 4.69) is 56.3 Å². The van der Waals surface area contributed by atoms with Crippen LogP contribution < -0.4 is 4.74 Å². The van der Waals surface area contributed by atoms with Gasteiger partial charge in [0.1, 0.15) is 5.75 Å². The Morgan fingerprint density at radius 1 is 1.07 bits per heavy atom. The second-order valence-corrected chi connectivity index (χ2v) is 8.55. The number of carbonyl (C=O) groups is 1. The Bertz CT molecular complexity index is 779. The van der Waals surface area contributed by atoms with Gasteiger partial charge in [-0.3, -0.25) is 9.36 Å². The molecule has 0 saturated heterocycles. The maximum absolute atomic E-state index is 13.0. The quantitative estimate of drug-likeness (QED) is 0.505. The first-order chi connectivity index (χ1) is 13.8. The number of ether oxygens (including phenoxy) is 1. The summed E-state index contributed by atoms with van der Waals surface area (Å²) in [6.45, 7) is 12.7. The highest BCUT2D eigenvalue weighted by molar-refractivity contribution is 7.99. The Kier molecular flexibility index (Phi) is 8.56. The summed E-state index contributed by atoms with van der Waals surface area (Å²) in [5.41, 5.74) is 0.978. The number of benzene rings is 1. The molecule has 0 aliphatic carbocycles. The Balaban J connectivity index is 2.22. The van der Waals surface area contributed by atoms with Crippen LogP contribution >= 0.6 is 11.8 Å². The molecule has 0 saturated carbocycles. The van der Waals surface area contributed by atoms with Gasteiger partial charge in [-0.05, 0) is 64.8 Å². The predicted molar refractivity (Wildman–Crippen MR) is 119 cm³/mol. The topological polar surface area (TPSA) is 60.3 Å². The van der Waals surface area contributed by atoms with Crippen LogP contribution in [0.4, 0.5) is 0 Å². The first-order valence-corrected chi connectivity index (χ1v) is 11.4. The lowest BCUT2D eigenvalue weighted by Crippen LogP contribution is -2.45. The normalized spacial score (nSPS) is 13.4. The third-order valence-electron chi connectivity index (χ3n) is 5.27. The number of methoxy groups -OCH3 is 1. The largest absolute Gasteiger partial charge is 0.497 e. The molecule has 2 aromatic rings. The van der Waals surface area contributed by atoms with E-state index in [1.54, 1.807) is 7.11 Å². The number of hydrogen-bond donors (Lipinski definition) is 0. The highest BCUT2D eigenvalue weighted by Crippen LogP contribution is 2.29. The lowest BCUT2D eigenvalue weighted by Gasteiger charge is -2.34. The van der Waals surface area contributed by atoms with Crippen LogP contribution in [0, 0.1) is 0 Å². The highest BCUT2D eigenvalue weighted by atomic mass is 32.2. The van der Waals surface area contributed by atoms with Crippen molar-refractivity contribution in [3.63, 3.8) is 0 Å². The molecule has 0 radical (unpaired) electrons. The summed E-state index contributed by atoms with van der Waals surface area (Å²) in [5, 5.41) is 9.58. The molecule has 1 aromatic heterocycles. The molecule has 29 heavy (non-hydrogen) atoms. The van der Waals surface area contributed by atoms with Gasteiger partial charge < -0.3 is 9.64 Å². The van der Waals surface area contributed by atoms with Gasteiger partial charge in [-0.25, -0.2) is 0 Å². The van der Waals surface area contributed by atoms with Crippen LogP contribution in [0.15, 0.2) is 29.4 Å². The molecule has 0 N–H and O–H groups in total. The van der Waals surface area contributed by atoms with Crippen molar-refractivity contribution >= 4 is 17.7 Å². The summed E-state index contributed by atoms with van der Waals surface area (Å²) in [7, 11) is 1.65. The summed E-state index contributed by atoms with van der Waals surface area (Å²) in [4.78, 5) is 15.0. The molecular weight excluding hydrogens is 384 g/mol. The summed E-state index contributed by atoms with van der Waals surface area (Å²) in [6.07, 6.45) is 1.90. The van der Waals surface area contributed by atoms with E-state index in [1.807, 2.05) is 29.2 Å². The van der Waals surface area contributed by atoms with E-state index in [4.69, 9.17) is 4.74 Å². The zero-order valence-electron chi connectivity index (χ0n) is 18.7. The Morgan fingerprint density at radius 3 is 2.14 bits per heavy atom. The summed E-state index contributed by atoms with van der Waals surface area (Å²) >= 11 is 1.46. The van der Waals surface area contributed by atoms with E-state index < -0.39 is 0 Å². The average molecular weight is 419 g/mol. The monoisotopic (exact) mass is 418 g/mol. The van der Waals surface area contributed by atoms with Crippen LogP contribution in [0.3, 0.4) is 0 Å². The van der Waals surface area contributed by atoms with Crippen molar-refractivity contribution in [3.05, 3.63) is 24.3 Å². The summed E-state index contributed by atoms with van der Waals surface area (Å²) in [5.74, 6) is 2.13. The van der Waals surface area contributed by atoms with E-state index in [9.17, 15) is 4.79 Å². The fraction of sp³-hybridized carbons (Fsp3) is 0.591. The molecule has 1 amide bonds. The first-order valence-electron chi connectivity index (χ1n) is 10.4. The molecule has 1 aromatic carbocycles. The van der Waals surface area contributed by atoms with E-state index >= 15 is 0 Å². The van der Waals surface area contributed by atoms with Gasteiger partial charge in [0.2, 0.25) is 5.91 Å². The number of rotatable bonds is 10. The minimum Gasteiger partial charge on any atom is -0.497 e. The number of nitrogens with zero attached hydrogens (tertiary/aromatic N) is 4. The van der Waals surface area contributed by atoms with Crippen molar-refractivity contribution in [2.75, 3.05) is 12.9 Å². The molecule has 7 heteroatoms. The second kappa shape index (κ2) is 10.7. The van der Waals surface area contributed by atoms with Gasteiger partial charge in [-0.1, -0.05) is 25.6 Å². The third-order valence-corrected chi connectivity index (χ3v) is 6.20. The molecule has 2 atom stereocenters. The number of amides is 1. The second-order valence-electron chi connectivity index (χ2n) is 7.60. The number of thioether (sulfide) groups is 1. The molecule has 1 heterocycles. The van der Waals surface area contributed by atoms with Crippen LogP contribution in [-0.4, -0.2) is 50.5 Å². The van der Waals surface area contributed by atoms with Gasteiger partial charge in [-0.15, -0.1) is 10.2 Å². The summed E-state index contributed by atoms with van der Waals surface area (Å²) < 4.78 is 7.34. The van der Waals surface area contributed by atoms with Gasteiger partial charge in [0.05, 0.1) is 12.9 Å². The van der Waals surface area contributed by atoms with E-state index in [0.717, 1.165) is 35.1 Å². The van der Waals surface area contributed by atoms with Gasteiger partial charge in [0, 0.05) is 23.7 Å². The van der Waals surface area contributed by atoms with Crippen LogP contribution in [0.2, 0.25) is 0 Å². The molecule has 0 spiro atoms. The summed E-state index contributed by atoms with van der Waals surface area (Å²) in [6, 6.07) is 8.44. The van der Waals surface area contributed by atoms with Crippen LogP contribution in [0.25, 0.3) is 11.4 Å². The van der Waals surface area contributed by atoms with Gasteiger partial charge in [0.15, 0.2) is 11.0 Å². The van der Waals surface area contributed by atoms with E-state index in [1.165, 1.54) is 11.8 Å². The molecule has 0 bridgehead atoms. The first kappa shape index (κ1) is 23.3. The molecule has 0 fully saturated rings. The lowest BCUT2D eigenvalue weighted by molar-refractivity contribution is -0.132. The molecule has 2 unspecified atom stereocenters. The van der Waals surface area contributed by atoms with Crippen molar-refractivity contribution in [1.29, 1.82) is 0 Å². The molecule has 0 aliphatic heterocycles. The maximum atomic E-state index is 13.0. The fourth-order valence-electron chi connectivity index (χ4n) is 3.30. The van der Waals surface area contributed by atoms with E-state index in [-0.39, 0.29) is 24.0 Å². The van der Waals surface area contributed by atoms with Crippen molar-refractivity contribution in [3.8, 4) is 17.1 Å². The molecule has 0 aliphatic rings. The Labute approximate surface area is 179 Å². The van der Waals surface area contributed by atoms with Gasteiger partial charge in [-0.2, -0.15) is 0 Å². The number of hydrogen-bond acceptors (Lipinski definition) is 5. The third kappa shape index (κ3) is 5.53. The minimum absolute atomic E-state index is 0.156. The van der Waals surface area contributed by atoms with Crippen LogP contribution in [-0.2, 0) is 4.79 Å². The lowest BCUT2D eigenvalue weighted by atomic mass is 10.1.